The van der Waals surface area contributed by atoms with Crippen molar-refractivity contribution in [3.63, 3.8) is 0 Å². The number of carbonyl (C=O) groups is 1. The predicted octanol–water partition coefficient (Wildman–Crippen LogP) is 3.99. The molecule has 0 saturated heterocycles. The maximum atomic E-state index is 10.9. The highest BCUT2D eigenvalue weighted by Crippen LogP contribution is 2.30. The summed E-state index contributed by atoms with van der Waals surface area (Å²) in [5.74, 6) is -0.302. The minimum atomic E-state index is -1.02. The average Bonchev–Trinajstić information content (AvgIpc) is 2.34. The summed E-state index contributed by atoms with van der Waals surface area (Å²) in [6.07, 6.45) is 1.45. The Morgan fingerprint density at radius 3 is 2.72 bits per heavy atom. The van der Waals surface area contributed by atoms with Crippen LogP contribution in [0.3, 0.4) is 0 Å². The molecule has 0 aliphatic rings. The van der Waals surface area contributed by atoms with Crippen molar-refractivity contribution in [2.45, 2.75) is 0 Å². The van der Waals surface area contributed by atoms with E-state index in [0.29, 0.717) is 21.1 Å². The number of pyridine rings is 1. The molecule has 4 nitrogen and oxygen atoms in total. The summed E-state index contributed by atoms with van der Waals surface area (Å²) in [5.41, 5.74) is 0.141. The fraction of sp³-hybridized carbons (Fsp3) is 0. The van der Waals surface area contributed by atoms with Gasteiger partial charge in [-0.05, 0) is 40.2 Å². The van der Waals surface area contributed by atoms with E-state index in [1.54, 1.807) is 18.2 Å². The third kappa shape index (κ3) is 3.00. The van der Waals surface area contributed by atoms with Crippen LogP contribution >= 0.6 is 27.5 Å². The highest BCUT2D eigenvalue weighted by atomic mass is 79.9. The van der Waals surface area contributed by atoms with Gasteiger partial charge in [0.15, 0.2) is 0 Å². The zero-order valence-electron chi connectivity index (χ0n) is 8.93. The SMILES string of the molecule is O=C(O)c1ccc(Br)c(Oc2ccc(Cl)cn2)c1. The standard InChI is InChI=1S/C12H7BrClNO3/c13-9-3-1-7(12(16)17)5-10(9)18-11-4-2-8(14)6-15-11/h1-6H,(H,16,17). The lowest BCUT2D eigenvalue weighted by atomic mass is 10.2. The third-order valence-electron chi connectivity index (χ3n) is 2.09. The zero-order chi connectivity index (χ0) is 13.1. The lowest BCUT2D eigenvalue weighted by Crippen LogP contribution is -1.97. The lowest BCUT2D eigenvalue weighted by molar-refractivity contribution is 0.0696. The minimum absolute atomic E-state index is 0.141. The van der Waals surface area contributed by atoms with Crippen LogP contribution in [-0.2, 0) is 0 Å². The van der Waals surface area contributed by atoms with Gasteiger partial charge >= 0.3 is 5.97 Å². The molecule has 2 aromatic rings. The fourth-order valence-electron chi connectivity index (χ4n) is 1.25. The molecule has 6 heteroatoms. The molecule has 1 N–H and O–H groups in total. The highest BCUT2D eigenvalue weighted by Gasteiger charge is 2.09. The van der Waals surface area contributed by atoms with Gasteiger partial charge in [-0.3, -0.25) is 0 Å². The molecule has 0 spiro atoms. The van der Waals surface area contributed by atoms with E-state index in [1.165, 1.54) is 18.3 Å². The normalized spacial score (nSPS) is 10.1. The Morgan fingerprint density at radius 2 is 2.11 bits per heavy atom. The molecule has 2 rings (SSSR count). The summed E-state index contributed by atoms with van der Waals surface area (Å²) in [6, 6.07) is 7.74. The first-order valence-electron chi connectivity index (χ1n) is 4.88. The van der Waals surface area contributed by atoms with Gasteiger partial charge in [0.2, 0.25) is 5.88 Å². The zero-order valence-corrected chi connectivity index (χ0v) is 11.3. The molecule has 0 fully saturated rings. The molecule has 1 aromatic carbocycles. The number of nitrogens with zero attached hydrogens (tertiary/aromatic N) is 1. The van der Waals surface area contributed by atoms with Crippen LogP contribution in [0.15, 0.2) is 41.0 Å². The van der Waals surface area contributed by atoms with Crippen LogP contribution in [0.5, 0.6) is 11.6 Å². The van der Waals surface area contributed by atoms with E-state index in [0.717, 1.165) is 0 Å². The second-order valence-corrected chi connectivity index (χ2v) is 4.66. The molecule has 92 valence electrons. The quantitative estimate of drug-likeness (QED) is 0.925. The highest BCUT2D eigenvalue weighted by molar-refractivity contribution is 9.10. The molecule has 0 saturated carbocycles. The van der Waals surface area contributed by atoms with Gasteiger partial charge in [-0.2, -0.15) is 0 Å². The first-order valence-corrected chi connectivity index (χ1v) is 6.05. The van der Waals surface area contributed by atoms with E-state index in [2.05, 4.69) is 20.9 Å². The Kier molecular flexibility index (Phi) is 3.84. The number of aromatic nitrogens is 1. The summed E-state index contributed by atoms with van der Waals surface area (Å²) in [7, 11) is 0. The smallest absolute Gasteiger partial charge is 0.335 e. The number of carboxylic acid groups (broad SMARTS) is 1. The number of aromatic carboxylic acids is 1. The summed E-state index contributed by atoms with van der Waals surface area (Å²) >= 11 is 8.99. The molecule has 1 heterocycles. The second kappa shape index (κ2) is 5.37. The molecule has 0 unspecified atom stereocenters. The minimum Gasteiger partial charge on any atom is -0.478 e. The first-order chi connectivity index (χ1) is 8.56. The number of halogens is 2. The maximum Gasteiger partial charge on any atom is 0.335 e. The van der Waals surface area contributed by atoms with E-state index in [4.69, 9.17) is 21.4 Å². The summed E-state index contributed by atoms with van der Waals surface area (Å²) in [4.78, 5) is 14.8. The molecular formula is C12H7BrClNO3. The Balaban J connectivity index is 2.30. The van der Waals surface area contributed by atoms with Crippen molar-refractivity contribution in [3.8, 4) is 11.6 Å². The van der Waals surface area contributed by atoms with Crippen LogP contribution in [0.2, 0.25) is 5.02 Å². The molecule has 0 atom stereocenters. The number of benzene rings is 1. The van der Waals surface area contributed by atoms with E-state index >= 15 is 0 Å². The fourth-order valence-corrected chi connectivity index (χ4v) is 1.69. The Bertz CT molecular complexity index is 586. The number of hydrogen-bond acceptors (Lipinski definition) is 3. The number of hydrogen-bond donors (Lipinski definition) is 1. The Labute approximate surface area is 116 Å². The summed E-state index contributed by atoms with van der Waals surface area (Å²) < 4.78 is 6.12. The number of rotatable bonds is 3. The average molecular weight is 329 g/mol. The largest absolute Gasteiger partial charge is 0.478 e. The van der Waals surface area contributed by atoms with Crippen LogP contribution in [0, 0.1) is 0 Å². The molecule has 18 heavy (non-hydrogen) atoms. The maximum absolute atomic E-state index is 10.9. The van der Waals surface area contributed by atoms with E-state index in [-0.39, 0.29) is 5.56 Å². The van der Waals surface area contributed by atoms with Gasteiger partial charge in [-0.1, -0.05) is 11.6 Å². The number of ether oxygens (including phenoxy) is 1. The summed E-state index contributed by atoms with van der Waals surface area (Å²) in [6.45, 7) is 0. The molecule has 0 aliphatic heterocycles. The predicted molar refractivity (Wildman–Crippen MR) is 70.4 cm³/mol. The molecular weight excluding hydrogens is 321 g/mol. The molecule has 1 aromatic heterocycles. The number of carboxylic acids is 1. The van der Waals surface area contributed by atoms with Crippen molar-refractivity contribution in [1.29, 1.82) is 0 Å². The van der Waals surface area contributed by atoms with Gasteiger partial charge in [-0.15, -0.1) is 0 Å². The van der Waals surface area contributed by atoms with Crippen LogP contribution in [0.25, 0.3) is 0 Å². The van der Waals surface area contributed by atoms with Crippen molar-refractivity contribution in [2.24, 2.45) is 0 Å². The van der Waals surface area contributed by atoms with Gasteiger partial charge in [0.1, 0.15) is 5.75 Å². The molecule has 0 amide bonds. The van der Waals surface area contributed by atoms with E-state index in [9.17, 15) is 4.79 Å². The van der Waals surface area contributed by atoms with Crippen molar-refractivity contribution in [3.05, 3.63) is 51.6 Å². The molecule has 0 radical (unpaired) electrons. The first kappa shape index (κ1) is 12.9. The van der Waals surface area contributed by atoms with E-state index < -0.39 is 5.97 Å². The second-order valence-electron chi connectivity index (χ2n) is 3.37. The molecule has 0 bridgehead atoms. The van der Waals surface area contributed by atoms with Crippen LogP contribution in [-0.4, -0.2) is 16.1 Å². The van der Waals surface area contributed by atoms with Crippen molar-refractivity contribution < 1.29 is 14.6 Å². The van der Waals surface area contributed by atoms with Gasteiger partial charge < -0.3 is 9.84 Å². The van der Waals surface area contributed by atoms with Crippen molar-refractivity contribution >= 4 is 33.5 Å². The monoisotopic (exact) mass is 327 g/mol. The lowest BCUT2D eigenvalue weighted by Gasteiger charge is -2.07. The molecule has 0 aliphatic carbocycles. The topological polar surface area (TPSA) is 59.4 Å². The van der Waals surface area contributed by atoms with Crippen molar-refractivity contribution in [2.75, 3.05) is 0 Å². The Morgan fingerprint density at radius 1 is 1.33 bits per heavy atom. The van der Waals surface area contributed by atoms with Crippen LogP contribution in [0.4, 0.5) is 0 Å². The third-order valence-corrected chi connectivity index (χ3v) is 2.97. The van der Waals surface area contributed by atoms with Gasteiger partial charge in [-0.25, -0.2) is 9.78 Å². The van der Waals surface area contributed by atoms with Gasteiger partial charge in [0, 0.05) is 12.3 Å². The van der Waals surface area contributed by atoms with E-state index in [1.807, 2.05) is 0 Å². The summed E-state index contributed by atoms with van der Waals surface area (Å²) in [5, 5.41) is 9.40. The van der Waals surface area contributed by atoms with Gasteiger partial charge in [0.05, 0.1) is 15.1 Å². The Hall–Kier alpha value is -1.59. The van der Waals surface area contributed by atoms with Crippen LogP contribution < -0.4 is 4.74 Å². The van der Waals surface area contributed by atoms with Crippen LogP contribution in [0.1, 0.15) is 10.4 Å². The van der Waals surface area contributed by atoms with Crippen molar-refractivity contribution in [1.82, 2.24) is 4.98 Å². The van der Waals surface area contributed by atoms with Gasteiger partial charge in [0.25, 0.3) is 0 Å².